The lowest BCUT2D eigenvalue weighted by molar-refractivity contribution is -0.133. The topological polar surface area (TPSA) is 92.4 Å². The number of rotatable bonds is 6. The van der Waals surface area contributed by atoms with Crippen LogP contribution in [0.1, 0.15) is 44.0 Å². The van der Waals surface area contributed by atoms with E-state index in [9.17, 15) is 14.4 Å². The number of Topliss-reactive ketones (excluding diaryl/α,β-unsaturated/α-hetero) is 1. The van der Waals surface area contributed by atoms with E-state index in [1.165, 1.54) is 23.2 Å². The third kappa shape index (κ3) is 3.96. The number of ketones is 1. The van der Waals surface area contributed by atoms with E-state index in [4.69, 9.17) is 4.74 Å². The molecule has 1 aromatic carbocycles. The molecule has 2 aromatic heterocycles. The molecule has 146 valence electrons. The second kappa shape index (κ2) is 7.93. The molecule has 0 radical (unpaired) electrons. The van der Waals surface area contributed by atoms with Crippen LogP contribution in [-0.4, -0.2) is 46.2 Å². The summed E-state index contributed by atoms with van der Waals surface area (Å²) in [7, 11) is 1.64. The molecule has 7 nitrogen and oxygen atoms in total. The first kappa shape index (κ1) is 19.8. The zero-order valence-electron chi connectivity index (χ0n) is 16.2. The second-order valence-electron chi connectivity index (χ2n) is 6.58. The molecule has 0 bridgehead atoms. The van der Waals surface area contributed by atoms with Crippen LogP contribution in [0.25, 0.3) is 10.2 Å². The first-order valence-corrected chi connectivity index (χ1v) is 9.55. The average Bonchev–Trinajstić information content (AvgIpc) is 3.18. The number of para-hydroxylation sites is 1. The minimum Gasteiger partial charge on any atom is -0.451 e. The molecule has 0 spiro atoms. The summed E-state index contributed by atoms with van der Waals surface area (Å²) in [6.45, 7) is 4.80. The number of carbonyl (C=O) groups is 3. The standard InChI is InChI=1S/C20H21N3O4S/c1-11-18(13(3)24)12(2)21-19(11)20(26)27-10-17(25)23(4)9-16-22-14-7-5-6-8-15(14)28-16/h5-8,21H,9-10H2,1-4H3. The molecule has 1 amide bonds. The van der Waals surface area contributed by atoms with Crippen molar-refractivity contribution in [2.45, 2.75) is 27.3 Å². The van der Waals surface area contributed by atoms with Crippen molar-refractivity contribution in [3.63, 3.8) is 0 Å². The summed E-state index contributed by atoms with van der Waals surface area (Å²) < 4.78 is 6.21. The third-order valence-electron chi connectivity index (χ3n) is 4.46. The molecule has 0 fully saturated rings. The molecule has 0 saturated heterocycles. The highest BCUT2D eigenvalue weighted by Crippen LogP contribution is 2.22. The van der Waals surface area contributed by atoms with Gasteiger partial charge in [-0.15, -0.1) is 11.3 Å². The highest BCUT2D eigenvalue weighted by molar-refractivity contribution is 7.18. The number of nitrogens with zero attached hydrogens (tertiary/aromatic N) is 2. The number of carbonyl (C=O) groups excluding carboxylic acids is 3. The predicted molar refractivity (Wildman–Crippen MR) is 107 cm³/mol. The summed E-state index contributed by atoms with van der Waals surface area (Å²) in [6.07, 6.45) is 0. The molecule has 0 unspecified atom stereocenters. The van der Waals surface area contributed by atoms with E-state index in [0.717, 1.165) is 15.2 Å². The number of hydrogen-bond acceptors (Lipinski definition) is 6. The highest BCUT2D eigenvalue weighted by Gasteiger charge is 2.22. The zero-order chi connectivity index (χ0) is 20.4. The highest BCUT2D eigenvalue weighted by atomic mass is 32.1. The number of nitrogens with one attached hydrogen (secondary N) is 1. The van der Waals surface area contributed by atoms with Gasteiger partial charge in [-0.1, -0.05) is 12.1 Å². The molecular weight excluding hydrogens is 378 g/mol. The Morgan fingerprint density at radius 1 is 1.21 bits per heavy atom. The van der Waals surface area contributed by atoms with Gasteiger partial charge < -0.3 is 14.6 Å². The fourth-order valence-corrected chi connectivity index (χ4v) is 4.09. The summed E-state index contributed by atoms with van der Waals surface area (Å²) in [5, 5.41) is 0.810. The number of thiazole rings is 1. The first-order valence-electron chi connectivity index (χ1n) is 8.73. The first-order chi connectivity index (χ1) is 13.3. The number of amides is 1. The lowest BCUT2D eigenvalue weighted by atomic mass is 10.1. The fourth-order valence-electron chi connectivity index (χ4n) is 3.07. The summed E-state index contributed by atoms with van der Waals surface area (Å²) in [4.78, 5) is 45.2. The molecular formula is C20H21N3O4S. The van der Waals surface area contributed by atoms with E-state index in [2.05, 4.69) is 9.97 Å². The Labute approximate surface area is 166 Å². The number of aromatic nitrogens is 2. The van der Waals surface area contributed by atoms with Gasteiger partial charge in [0.25, 0.3) is 5.91 Å². The van der Waals surface area contributed by atoms with Gasteiger partial charge in [0.1, 0.15) is 10.7 Å². The van der Waals surface area contributed by atoms with E-state index in [-0.39, 0.29) is 24.0 Å². The Kier molecular flexibility index (Phi) is 5.60. The van der Waals surface area contributed by atoms with E-state index in [0.29, 0.717) is 23.4 Å². The van der Waals surface area contributed by atoms with Gasteiger partial charge in [0.05, 0.1) is 16.8 Å². The van der Waals surface area contributed by atoms with Crippen LogP contribution in [0.2, 0.25) is 0 Å². The Hall–Kier alpha value is -3.00. The summed E-state index contributed by atoms with van der Waals surface area (Å²) in [5.41, 5.74) is 2.71. The Balaban J connectivity index is 1.61. The molecule has 0 aliphatic carbocycles. The van der Waals surface area contributed by atoms with Gasteiger partial charge in [-0.05, 0) is 38.5 Å². The lowest BCUT2D eigenvalue weighted by Gasteiger charge is -2.15. The van der Waals surface area contributed by atoms with Crippen LogP contribution in [0.15, 0.2) is 24.3 Å². The molecule has 28 heavy (non-hydrogen) atoms. The number of aryl methyl sites for hydroxylation is 1. The lowest BCUT2D eigenvalue weighted by Crippen LogP contribution is -2.30. The molecule has 8 heteroatoms. The average molecular weight is 399 g/mol. The molecule has 1 N–H and O–H groups in total. The number of esters is 1. The SMILES string of the molecule is CC(=O)c1c(C)[nH]c(C(=O)OCC(=O)N(C)Cc2nc3ccccc3s2)c1C. The van der Waals surface area contributed by atoms with Gasteiger partial charge in [-0.3, -0.25) is 9.59 Å². The summed E-state index contributed by atoms with van der Waals surface area (Å²) in [5.74, 6) is -1.12. The number of likely N-dealkylation sites (N-methyl/N-ethyl adjacent to an activating group) is 1. The van der Waals surface area contributed by atoms with E-state index in [1.54, 1.807) is 20.9 Å². The van der Waals surface area contributed by atoms with E-state index >= 15 is 0 Å². The Bertz CT molecular complexity index is 1030. The molecule has 3 aromatic rings. The molecule has 2 heterocycles. The van der Waals surface area contributed by atoms with Crippen LogP contribution >= 0.6 is 11.3 Å². The number of benzene rings is 1. The summed E-state index contributed by atoms with van der Waals surface area (Å²) in [6, 6.07) is 7.77. The van der Waals surface area contributed by atoms with Gasteiger partial charge in [0.2, 0.25) is 0 Å². The van der Waals surface area contributed by atoms with Crippen molar-refractivity contribution in [3.05, 3.63) is 51.8 Å². The van der Waals surface area contributed by atoms with Crippen molar-refractivity contribution < 1.29 is 19.1 Å². The number of ether oxygens (including phenoxy) is 1. The maximum atomic E-state index is 12.3. The van der Waals surface area contributed by atoms with Gasteiger partial charge in [0.15, 0.2) is 12.4 Å². The van der Waals surface area contributed by atoms with Crippen LogP contribution in [0.4, 0.5) is 0 Å². The van der Waals surface area contributed by atoms with Crippen molar-refractivity contribution >= 4 is 39.2 Å². The zero-order valence-corrected chi connectivity index (χ0v) is 17.0. The van der Waals surface area contributed by atoms with Crippen molar-refractivity contribution in [2.24, 2.45) is 0 Å². The smallest absolute Gasteiger partial charge is 0.355 e. The van der Waals surface area contributed by atoms with Crippen molar-refractivity contribution in [2.75, 3.05) is 13.7 Å². The number of aromatic amines is 1. The maximum absolute atomic E-state index is 12.3. The maximum Gasteiger partial charge on any atom is 0.355 e. The molecule has 0 saturated carbocycles. The van der Waals surface area contributed by atoms with Crippen LogP contribution in [0.5, 0.6) is 0 Å². The van der Waals surface area contributed by atoms with Crippen molar-refractivity contribution in [1.29, 1.82) is 0 Å². The van der Waals surface area contributed by atoms with Crippen LogP contribution < -0.4 is 0 Å². The largest absolute Gasteiger partial charge is 0.451 e. The van der Waals surface area contributed by atoms with Gasteiger partial charge >= 0.3 is 5.97 Å². The Morgan fingerprint density at radius 2 is 1.93 bits per heavy atom. The molecule has 0 aliphatic heterocycles. The van der Waals surface area contributed by atoms with E-state index in [1.807, 2.05) is 24.3 Å². The minimum absolute atomic E-state index is 0.128. The number of hydrogen-bond donors (Lipinski definition) is 1. The Morgan fingerprint density at radius 3 is 2.57 bits per heavy atom. The number of fused-ring (bicyclic) bond motifs is 1. The monoisotopic (exact) mass is 399 g/mol. The van der Waals surface area contributed by atoms with Gasteiger partial charge in [-0.25, -0.2) is 9.78 Å². The molecule has 0 atom stereocenters. The molecule has 0 aliphatic rings. The molecule has 3 rings (SSSR count). The van der Waals surface area contributed by atoms with E-state index < -0.39 is 5.97 Å². The summed E-state index contributed by atoms with van der Waals surface area (Å²) >= 11 is 1.52. The van der Waals surface area contributed by atoms with Crippen molar-refractivity contribution in [1.82, 2.24) is 14.9 Å². The van der Waals surface area contributed by atoms with Gasteiger partial charge in [-0.2, -0.15) is 0 Å². The van der Waals surface area contributed by atoms with Crippen LogP contribution in [0, 0.1) is 13.8 Å². The fraction of sp³-hybridized carbons (Fsp3) is 0.300. The van der Waals surface area contributed by atoms with Gasteiger partial charge in [0, 0.05) is 18.3 Å². The van der Waals surface area contributed by atoms with Crippen molar-refractivity contribution in [3.8, 4) is 0 Å². The quantitative estimate of drug-likeness (QED) is 0.507. The second-order valence-corrected chi connectivity index (χ2v) is 7.70. The third-order valence-corrected chi connectivity index (χ3v) is 5.48. The minimum atomic E-state index is -0.658. The van der Waals surface area contributed by atoms with Crippen LogP contribution in [-0.2, 0) is 16.1 Å². The van der Waals surface area contributed by atoms with Crippen LogP contribution in [0.3, 0.4) is 0 Å². The number of H-pyrrole nitrogens is 1. The normalized spacial score (nSPS) is 10.9. The predicted octanol–water partition coefficient (Wildman–Crippen LogP) is 3.26.